The zero-order valence-corrected chi connectivity index (χ0v) is 12.7. The highest BCUT2D eigenvalue weighted by Crippen LogP contribution is 2.03. The van der Waals surface area contributed by atoms with Crippen LogP contribution in [0, 0.1) is 5.92 Å². The fourth-order valence-electron chi connectivity index (χ4n) is 1.54. The number of nitrogens with zero attached hydrogens (tertiary/aromatic N) is 3. The number of carbonyl (C=O) groups is 1. The molecule has 7 nitrogen and oxygen atoms in total. The van der Waals surface area contributed by atoms with E-state index in [1.54, 1.807) is 0 Å². The molecule has 0 fully saturated rings. The van der Waals surface area contributed by atoms with Crippen LogP contribution in [-0.2, 0) is 27.4 Å². The predicted octanol–water partition coefficient (Wildman–Crippen LogP) is 0.447. The molecule has 0 aliphatic rings. The molecule has 1 N–H and O–H groups in total. The van der Waals surface area contributed by atoms with E-state index in [1.807, 2.05) is 16.1 Å². The molecule has 0 aliphatic heterocycles. The monoisotopic (exact) mass is 294 g/mol. The average Bonchev–Trinajstić information content (AvgIpc) is 2.91. The molecule has 1 aromatic heterocycles. The quantitative estimate of drug-likeness (QED) is 0.473. The highest BCUT2D eigenvalue weighted by Gasteiger charge is 2.02. The Hall–Kier alpha value is -1.41. The molecular formula is C13H23BN4O3. The zero-order chi connectivity index (χ0) is 15.5. The summed E-state index contributed by atoms with van der Waals surface area (Å²) < 4.78 is 12.5. The van der Waals surface area contributed by atoms with Crippen molar-refractivity contribution in [3.63, 3.8) is 0 Å². The lowest BCUT2D eigenvalue weighted by Gasteiger charge is -2.04. The Labute approximate surface area is 126 Å². The Kier molecular flexibility index (Phi) is 8.69. The molecule has 0 aliphatic carbocycles. The lowest BCUT2D eigenvalue weighted by Crippen LogP contribution is -2.21. The van der Waals surface area contributed by atoms with Crippen LogP contribution in [0.15, 0.2) is 6.20 Å². The van der Waals surface area contributed by atoms with Gasteiger partial charge in [-0.3, -0.25) is 9.48 Å². The lowest BCUT2D eigenvalue weighted by molar-refractivity contribution is -0.120. The van der Waals surface area contributed by atoms with Gasteiger partial charge in [0.25, 0.3) is 0 Å². The van der Waals surface area contributed by atoms with Gasteiger partial charge in [0.1, 0.15) is 5.69 Å². The predicted molar refractivity (Wildman–Crippen MR) is 78.5 cm³/mol. The van der Waals surface area contributed by atoms with Crippen LogP contribution in [0.3, 0.4) is 0 Å². The van der Waals surface area contributed by atoms with Gasteiger partial charge in [0.2, 0.25) is 13.9 Å². The third-order valence-corrected chi connectivity index (χ3v) is 2.78. The van der Waals surface area contributed by atoms with E-state index in [9.17, 15) is 4.79 Å². The highest BCUT2D eigenvalue weighted by atomic mass is 16.5. The van der Waals surface area contributed by atoms with Crippen LogP contribution >= 0.6 is 0 Å². The Balaban J connectivity index is 2.04. The van der Waals surface area contributed by atoms with Crippen molar-refractivity contribution in [1.29, 1.82) is 0 Å². The van der Waals surface area contributed by atoms with Gasteiger partial charge in [-0.15, -0.1) is 5.10 Å². The van der Waals surface area contributed by atoms with E-state index in [4.69, 9.17) is 17.5 Å². The molecule has 2 radical (unpaired) electrons. The second-order valence-electron chi connectivity index (χ2n) is 5.14. The second kappa shape index (κ2) is 10.3. The van der Waals surface area contributed by atoms with Crippen LogP contribution in [0.4, 0.5) is 0 Å². The Bertz CT molecular complexity index is 412. The smallest absolute Gasteiger partial charge is 0.226 e. The van der Waals surface area contributed by atoms with E-state index in [0.717, 1.165) is 18.7 Å². The molecule has 1 heterocycles. The minimum Gasteiger partial charge on any atom is -0.409 e. The molecule has 1 aromatic rings. The Morgan fingerprint density at radius 1 is 1.38 bits per heavy atom. The second-order valence-corrected chi connectivity index (χ2v) is 5.14. The van der Waals surface area contributed by atoms with Gasteiger partial charge in [0.05, 0.1) is 32.6 Å². The summed E-state index contributed by atoms with van der Waals surface area (Å²) in [7, 11) is 4.94. The van der Waals surface area contributed by atoms with E-state index >= 15 is 0 Å². The number of rotatable bonds is 11. The molecule has 0 spiro atoms. The van der Waals surface area contributed by atoms with Crippen molar-refractivity contribution >= 4 is 13.9 Å². The van der Waals surface area contributed by atoms with E-state index in [0.29, 0.717) is 32.3 Å². The SMILES string of the molecule is [B]NC(=O)CCOCCOCc1cn(CCC(C)C)nn1. The van der Waals surface area contributed by atoms with Gasteiger partial charge in [-0.05, 0) is 12.3 Å². The third kappa shape index (κ3) is 8.47. The maximum absolute atomic E-state index is 10.8. The first kappa shape index (κ1) is 17.6. The van der Waals surface area contributed by atoms with E-state index in [-0.39, 0.29) is 12.3 Å². The fourth-order valence-corrected chi connectivity index (χ4v) is 1.54. The van der Waals surface area contributed by atoms with Crippen LogP contribution in [0.25, 0.3) is 0 Å². The summed E-state index contributed by atoms with van der Waals surface area (Å²) in [4.78, 5) is 10.8. The zero-order valence-electron chi connectivity index (χ0n) is 12.7. The van der Waals surface area contributed by atoms with Crippen molar-refractivity contribution < 1.29 is 14.3 Å². The molecule has 0 aromatic carbocycles. The standard InChI is InChI=1S/C13H23BN4O3/c1-11(2)3-5-18-9-12(16-17-18)10-21-8-7-20-6-4-13(19)15-14/h9,11H,3-8,10H2,1-2H3,(H,15,19). The summed E-state index contributed by atoms with van der Waals surface area (Å²) in [6.45, 7) is 6.85. The maximum Gasteiger partial charge on any atom is 0.226 e. The van der Waals surface area contributed by atoms with Crippen molar-refractivity contribution in [2.75, 3.05) is 19.8 Å². The molecule has 8 heteroatoms. The molecule has 1 amide bonds. The van der Waals surface area contributed by atoms with Crippen LogP contribution in [-0.4, -0.2) is 48.7 Å². The van der Waals surface area contributed by atoms with Crippen molar-refractivity contribution in [2.45, 2.75) is 39.8 Å². The molecule has 0 saturated heterocycles. The minimum absolute atomic E-state index is 0.242. The lowest BCUT2D eigenvalue weighted by atomic mass is 10.1. The highest BCUT2D eigenvalue weighted by molar-refractivity contribution is 6.14. The Morgan fingerprint density at radius 3 is 2.86 bits per heavy atom. The summed E-state index contributed by atoms with van der Waals surface area (Å²) in [6.07, 6.45) is 3.23. The molecular weight excluding hydrogens is 271 g/mol. The van der Waals surface area contributed by atoms with Crippen LogP contribution < -0.4 is 5.23 Å². The Morgan fingerprint density at radius 2 is 2.14 bits per heavy atom. The number of ether oxygens (including phenoxy) is 2. The van der Waals surface area contributed by atoms with Gasteiger partial charge < -0.3 is 14.7 Å². The number of nitrogens with one attached hydrogen (secondary N) is 1. The summed E-state index contributed by atoms with van der Waals surface area (Å²) in [5.41, 5.74) is 0.807. The van der Waals surface area contributed by atoms with E-state index in [1.165, 1.54) is 0 Å². The van der Waals surface area contributed by atoms with Gasteiger partial charge in [0, 0.05) is 13.0 Å². The molecule has 1 rings (SSSR count). The largest absolute Gasteiger partial charge is 0.409 e. The first-order valence-corrected chi connectivity index (χ1v) is 7.15. The fraction of sp³-hybridized carbons (Fsp3) is 0.769. The average molecular weight is 294 g/mol. The number of amides is 1. The maximum atomic E-state index is 10.8. The van der Waals surface area contributed by atoms with Gasteiger partial charge >= 0.3 is 0 Å². The van der Waals surface area contributed by atoms with Gasteiger partial charge in [-0.1, -0.05) is 19.1 Å². The van der Waals surface area contributed by atoms with Gasteiger partial charge in [0.15, 0.2) is 0 Å². The number of carbonyl (C=O) groups excluding carboxylic acids is 1. The molecule has 0 bridgehead atoms. The number of aromatic nitrogens is 3. The normalized spacial score (nSPS) is 11.0. The topological polar surface area (TPSA) is 78.3 Å². The third-order valence-electron chi connectivity index (χ3n) is 2.78. The summed E-state index contributed by atoms with van der Waals surface area (Å²) in [5, 5.41) is 10.1. The summed E-state index contributed by atoms with van der Waals surface area (Å²) >= 11 is 0. The molecule has 0 saturated carbocycles. The molecule has 0 atom stereocenters. The number of aryl methyl sites for hydroxylation is 1. The molecule has 116 valence electrons. The van der Waals surface area contributed by atoms with Crippen molar-refractivity contribution in [2.24, 2.45) is 5.92 Å². The van der Waals surface area contributed by atoms with Crippen molar-refractivity contribution in [1.82, 2.24) is 20.2 Å². The van der Waals surface area contributed by atoms with Gasteiger partial charge in [-0.25, -0.2) is 0 Å². The van der Waals surface area contributed by atoms with E-state index < -0.39 is 0 Å². The van der Waals surface area contributed by atoms with E-state index in [2.05, 4.69) is 24.2 Å². The molecule has 21 heavy (non-hydrogen) atoms. The number of hydrogen-bond donors (Lipinski definition) is 1. The van der Waals surface area contributed by atoms with Crippen LogP contribution in [0.2, 0.25) is 0 Å². The molecule has 0 unspecified atom stereocenters. The van der Waals surface area contributed by atoms with Crippen molar-refractivity contribution in [3.05, 3.63) is 11.9 Å². The van der Waals surface area contributed by atoms with Crippen molar-refractivity contribution in [3.8, 4) is 0 Å². The summed E-state index contributed by atoms with van der Waals surface area (Å²) in [6, 6.07) is 0. The first-order valence-electron chi connectivity index (χ1n) is 7.15. The summed E-state index contributed by atoms with van der Waals surface area (Å²) in [5.74, 6) is 0.404. The van der Waals surface area contributed by atoms with Crippen LogP contribution in [0.5, 0.6) is 0 Å². The first-order chi connectivity index (χ1) is 10.1. The van der Waals surface area contributed by atoms with Gasteiger partial charge in [-0.2, -0.15) is 0 Å². The number of hydrogen-bond acceptors (Lipinski definition) is 5. The van der Waals surface area contributed by atoms with Crippen LogP contribution in [0.1, 0.15) is 32.4 Å². The minimum atomic E-state index is -0.242.